The number of morpholine rings is 2. The highest BCUT2D eigenvalue weighted by Gasteiger charge is 2.68. The van der Waals surface area contributed by atoms with E-state index in [1.165, 1.54) is 6.42 Å². The second-order valence-corrected chi connectivity index (χ2v) is 5.51. The van der Waals surface area contributed by atoms with Crippen molar-refractivity contribution in [2.75, 3.05) is 27.2 Å². The van der Waals surface area contributed by atoms with E-state index in [0.29, 0.717) is 24.3 Å². The highest BCUT2D eigenvalue weighted by molar-refractivity contribution is 5.16. The Hall–Kier alpha value is -0.160. The largest absolute Gasteiger partial charge is 0.372 e. The average molecular weight is 210 g/mol. The van der Waals surface area contributed by atoms with E-state index in [2.05, 4.69) is 23.9 Å². The molecule has 0 saturated carbocycles. The highest BCUT2D eigenvalue weighted by Crippen LogP contribution is 2.52. The molecule has 1 spiro atoms. The van der Waals surface area contributed by atoms with Gasteiger partial charge in [0, 0.05) is 12.6 Å². The lowest BCUT2D eigenvalue weighted by Gasteiger charge is -2.49. The van der Waals surface area contributed by atoms with Crippen molar-refractivity contribution in [1.82, 2.24) is 9.80 Å². The summed E-state index contributed by atoms with van der Waals surface area (Å²) in [6.07, 6.45) is 3.09. The van der Waals surface area contributed by atoms with Gasteiger partial charge in [-0.25, -0.2) is 0 Å². The third-order valence-electron chi connectivity index (χ3n) is 4.88. The minimum absolute atomic E-state index is 0.111. The van der Waals surface area contributed by atoms with E-state index in [0.717, 1.165) is 19.6 Å². The Morgan fingerprint density at radius 1 is 1.27 bits per heavy atom. The van der Waals surface area contributed by atoms with Gasteiger partial charge in [0.2, 0.25) is 0 Å². The molecule has 0 N–H and O–H groups in total. The van der Waals surface area contributed by atoms with Gasteiger partial charge in [0.15, 0.2) is 5.72 Å². The molecule has 0 aromatic carbocycles. The third kappa shape index (κ3) is 0.848. The van der Waals surface area contributed by atoms with E-state index in [1.54, 1.807) is 0 Å². The molecule has 4 aliphatic rings. The van der Waals surface area contributed by atoms with Crippen LogP contribution in [0, 0.1) is 0 Å². The number of fused-ring (bicyclic) bond motifs is 6. The zero-order chi connectivity index (χ0) is 10.2. The number of nitrogens with zero attached hydrogens (tertiary/aromatic N) is 2. The van der Waals surface area contributed by atoms with Gasteiger partial charge in [0.05, 0.1) is 18.8 Å². The molecule has 4 nitrogen and oxygen atoms in total. The molecule has 4 aliphatic heterocycles. The first kappa shape index (κ1) is 8.93. The fraction of sp³-hybridized carbons (Fsp3) is 1.00. The summed E-state index contributed by atoms with van der Waals surface area (Å²) in [7, 11) is 4.43. The van der Waals surface area contributed by atoms with E-state index in [-0.39, 0.29) is 5.72 Å². The maximum absolute atomic E-state index is 6.28. The van der Waals surface area contributed by atoms with Crippen molar-refractivity contribution >= 4 is 0 Å². The molecule has 1 unspecified atom stereocenters. The molecule has 15 heavy (non-hydrogen) atoms. The Balaban J connectivity index is 1.76. The predicted molar refractivity (Wildman–Crippen MR) is 54.5 cm³/mol. The highest BCUT2D eigenvalue weighted by atomic mass is 16.6. The molecule has 4 fully saturated rings. The normalized spacial score (nSPS) is 58.8. The van der Waals surface area contributed by atoms with Crippen molar-refractivity contribution in [2.45, 2.75) is 42.9 Å². The maximum atomic E-state index is 6.28. The van der Waals surface area contributed by atoms with Gasteiger partial charge in [-0.1, -0.05) is 0 Å². The van der Waals surface area contributed by atoms with Crippen LogP contribution in [0.15, 0.2) is 0 Å². The van der Waals surface area contributed by atoms with Crippen molar-refractivity contribution < 1.29 is 9.47 Å². The fourth-order valence-electron chi connectivity index (χ4n) is 4.16. The molecular formula is C11H18N2O2. The number of ether oxygens (including phenoxy) is 2. The van der Waals surface area contributed by atoms with E-state index >= 15 is 0 Å². The zero-order valence-electron chi connectivity index (χ0n) is 9.35. The summed E-state index contributed by atoms with van der Waals surface area (Å²) in [6, 6.07) is 1.13. The van der Waals surface area contributed by atoms with E-state index in [1.807, 2.05) is 0 Å². The average Bonchev–Trinajstić information content (AvgIpc) is 2.89. The molecule has 0 radical (unpaired) electrons. The Labute approximate surface area is 90.1 Å². The SMILES string of the molecule is CN1C[C@@H]2C[C@H]1C1(O2)[C@@H]2C[C@@H](CO2)N1C. The summed E-state index contributed by atoms with van der Waals surface area (Å²) in [5, 5.41) is 0. The van der Waals surface area contributed by atoms with Crippen molar-refractivity contribution in [3.05, 3.63) is 0 Å². The number of hydrogen-bond donors (Lipinski definition) is 0. The maximum Gasteiger partial charge on any atom is 0.164 e. The van der Waals surface area contributed by atoms with Crippen LogP contribution in [0.5, 0.6) is 0 Å². The van der Waals surface area contributed by atoms with Crippen LogP contribution in [-0.2, 0) is 9.47 Å². The first-order valence-corrected chi connectivity index (χ1v) is 5.94. The van der Waals surface area contributed by atoms with E-state index in [9.17, 15) is 0 Å². The van der Waals surface area contributed by atoms with Crippen LogP contribution < -0.4 is 0 Å². The molecule has 0 aliphatic carbocycles. The Morgan fingerprint density at radius 3 is 2.73 bits per heavy atom. The fourth-order valence-corrected chi connectivity index (χ4v) is 4.16. The standard InChI is InChI=1S/C11H18N2O2/c1-12-5-8-4-9(12)11(15-8)10-3-7(6-14-10)13(11)2/h7-10H,3-6H2,1-2H3/t7-,8-,9-,10-,11?/m0/s1. The van der Waals surface area contributed by atoms with Gasteiger partial charge in [-0.05, 0) is 26.9 Å². The van der Waals surface area contributed by atoms with Crippen LogP contribution in [0.25, 0.3) is 0 Å². The first-order valence-electron chi connectivity index (χ1n) is 5.94. The summed E-state index contributed by atoms with van der Waals surface area (Å²) < 4.78 is 12.2. The van der Waals surface area contributed by atoms with Gasteiger partial charge in [-0.15, -0.1) is 0 Å². The van der Waals surface area contributed by atoms with Gasteiger partial charge in [-0.2, -0.15) is 0 Å². The second-order valence-electron chi connectivity index (χ2n) is 5.51. The molecule has 4 saturated heterocycles. The lowest BCUT2D eigenvalue weighted by molar-refractivity contribution is -0.246. The second kappa shape index (κ2) is 2.56. The molecule has 4 bridgehead atoms. The Morgan fingerprint density at radius 2 is 2.13 bits per heavy atom. The quantitative estimate of drug-likeness (QED) is 0.557. The molecule has 4 heteroatoms. The number of hydrogen-bond acceptors (Lipinski definition) is 4. The summed E-state index contributed by atoms with van der Waals surface area (Å²) in [5.41, 5.74) is -0.111. The topological polar surface area (TPSA) is 24.9 Å². The lowest BCUT2D eigenvalue weighted by Crippen LogP contribution is -2.66. The summed E-state index contributed by atoms with van der Waals surface area (Å²) in [6.45, 7) is 1.99. The van der Waals surface area contributed by atoms with Gasteiger partial charge >= 0.3 is 0 Å². The van der Waals surface area contributed by atoms with E-state index < -0.39 is 0 Å². The van der Waals surface area contributed by atoms with Crippen LogP contribution in [0.1, 0.15) is 12.8 Å². The molecular weight excluding hydrogens is 192 g/mol. The molecule has 4 rings (SSSR count). The first-order chi connectivity index (χ1) is 7.22. The lowest BCUT2D eigenvalue weighted by atomic mass is 9.98. The number of rotatable bonds is 0. The van der Waals surface area contributed by atoms with Gasteiger partial charge in [-0.3, -0.25) is 9.80 Å². The van der Waals surface area contributed by atoms with Crippen LogP contribution in [0.4, 0.5) is 0 Å². The van der Waals surface area contributed by atoms with E-state index in [4.69, 9.17) is 9.47 Å². The van der Waals surface area contributed by atoms with Gasteiger partial charge in [0.1, 0.15) is 6.10 Å². The molecule has 5 atom stereocenters. The predicted octanol–water partition coefficient (Wildman–Crippen LogP) is -0.112. The van der Waals surface area contributed by atoms with Crippen molar-refractivity contribution in [3.8, 4) is 0 Å². The van der Waals surface area contributed by atoms with Crippen molar-refractivity contribution in [1.29, 1.82) is 0 Å². The Kier molecular flexibility index (Phi) is 1.53. The summed E-state index contributed by atoms with van der Waals surface area (Å²) in [5.74, 6) is 0. The third-order valence-corrected chi connectivity index (χ3v) is 4.88. The number of likely N-dealkylation sites (N-methyl/N-ethyl adjacent to an activating group) is 2. The molecule has 84 valence electrons. The molecule has 0 aromatic heterocycles. The monoisotopic (exact) mass is 210 g/mol. The zero-order valence-corrected chi connectivity index (χ0v) is 9.35. The molecule has 4 heterocycles. The summed E-state index contributed by atoms with van der Waals surface area (Å²) >= 11 is 0. The van der Waals surface area contributed by atoms with Crippen molar-refractivity contribution in [2.24, 2.45) is 0 Å². The van der Waals surface area contributed by atoms with Gasteiger partial charge in [0.25, 0.3) is 0 Å². The Bertz CT molecular complexity index is 307. The minimum Gasteiger partial charge on any atom is -0.372 e. The van der Waals surface area contributed by atoms with Crippen molar-refractivity contribution in [3.63, 3.8) is 0 Å². The van der Waals surface area contributed by atoms with Crippen LogP contribution in [0.2, 0.25) is 0 Å². The van der Waals surface area contributed by atoms with Crippen LogP contribution in [-0.4, -0.2) is 67.1 Å². The molecule has 0 aromatic rings. The van der Waals surface area contributed by atoms with Gasteiger partial charge < -0.3 is 9.47 Å². The van der Waals surface area contributed by atoms with Crippen LogP contribution >= 0.6 is 0 Å². The number of likely N-dealkylation sites (tertiary alicyclic amines) is 2. The summed E-state index contributed by atoms with van der Waals surface area (Å²) in [4.78, 5) is 4.90. The minimum atomic E-state index is -0.111. The van der Waals surface area contributed by atoms with Crippen LogP contribution in [0.3, 0.4) is 0 Å². The molecule has 0 amide bonds. The smallest absolute Gasteiger partial charge is 0.164 e.